The molecule has 2 aromatic carbocycles. The van der Waals surface area contributed by atoms with Gasteiger partial charge in [-0.25, -0.2) is 9.97 Å². The smallest absolute Gasteiger partial charge is 0.255 e. The lowest BCUT2D eigenvalue weighted by molar-refractivity contribution is 0.239. The highest BCUT2D eigenvalue weighted by atomic mass is 35.5. The summed E-state index contributed by atoms with van der Waals surface area (Å²) in [6.45, 7) is 2.09. The molecule has 0 aliphatic carbocycles. The zero-order valence-electron chi connectivity index (χ0n) is 16.6. The molecule has 0 atom stereocenters. The SMILES string of the molecule is Nc1ccc(-c2nc3c(c(=O)[nH]2)CN(Cc2csc(-c4ccc(Cl)cc4)n2)CC3)cc1. The standard InChI is InChI=1S/C23H20ClN5OS/c24-16-5-1-15(2-6-16)23-26-18(13-31-23)11-29-10-9-20-19(12-29)22(30)28-21(27-20)14-3-7-17(25)8-4-14/h1-8,13H,9-12,25H2,(H,27,28,30). The first-order valence-electron chi connectivity index (χ1n) is 9.96. The molecule has 0 unspecified atom stereocenters. The van der Waals surface area contributed by atoms with Crippen molar-refractivity contribution >= 4 is 28.6 Å². The summed E-state index contributed by atoms with van der Waals surface area (Å²) in [5.74, 6) is 0.587. The van der Waals surface area contributed by atoms with Crippen molar-refractivity contribution in [2.75, 3.05) is 12.3 Å². The number of nitrogen functional groups attached to an aromatic ring is 1. The highest BCUT2D eigenvalue weighted by Gasteiger charge is 2.22. The highest BCUT2D eigenvalue weighted by molar-refractivity contribution is 7.13. The van der Waals surface area contributed by atoms with E-state index in [1.165, 1.54) is 0 Å². The number of H-pyrrole nitrogens is 1. The maximum atomic E-state index is 12.8. The third kappa shape index (κ3) is 4.25. The van der Waals surface area contributed by atoms with Crippen molar-refractivity contribution in [3.05, 3.63) is 86.2 Å². The van der Waals surface area contributed by atoms with E-state index in [1.807, 2.05) is 48.5 Å². The van der Waals surface area contributed by atoms with Crippen LogP contribution in [-0.4, -0.2) is 26.4 Å². The van der Waals surface area contributed by atoms with Gasteiger partial charge >= 0.3 is 0 Å². The number of fused-ring (bicyclic) bond motifs is 1. The Morgan fingerprint density at radius 1 is 1.06 bits per heavy atom. The maximum Gasteiger partial charge on any atom is 0.255 e. The number of benzene rings is 2. The van der Waals surface area contributed by atoms with Gasteiger partial charge < -0.3 is 10.7 Å². The van der Waals surface area contributed by atoms with E-state index in [-0.39, 0.29) is 5.56 Å². The predicted octanol–water partition coefficient (Wildman–Crippen LogP) is 4.35. The van der Waals surface area contributed by atoms with Crippen LogP contribution >= 0.6 is 22.9 Å². The van der Waals surface area contributed by atoms with Crippen molar-refractivity contribution in [1.82, 2.24) is 19.9 Å². The molecule has 0 bridgehead atoms. The van der Waals surface area contributed by atoms with E-state index in [9.17, 15) is 4.79 Å². The molecule has 0 saturated heterocycles. The number of anilines is 1. The lowest BCUT2D eigenvalue weighted by atomic mass is 10.1. The zero-order chi connectivity index (χ0) is 21.4. The molecule has 3 heterocycles. The molecule has 5 rings (SSSR count). The van der Waals surface area contributed by atoms with E-state index in [1.54, 1.807) is 11.3 Å². The average Bonchev–Trinajstić information content (AvgIpc) is 3.23. The Balaban J connectivity index is 1.32. The van der Waals surface area contributed by atoms with Crippen molar-refractivity contribution in [2.45, 2.75) is 19.5 Å². The Morgan fingerprint density at radius 2 is 1.81 bits per heavy atom. The van der Waals surface area contributed by atoms with Crippen molar-refractivity contribution < 1.29 is 0 Å². The number of aromatic nitrogens is 3. The molecular formula is C23H20ClN5OS. The van der Waals surface area contributed by atoms with Gasteiger partial charge in [0.2, 0.25) is 0 Å². The summed E-state index contributed by atoms with van der Waals surface area (Å²) in [5.41, 5.74) is 10.9. The molecule has 1 aliphatic rings. The molecule has 1 aliphatic heterocycles. The molecule has 8 heteroatoms. The fourth-order valence-electron chi connectivity index (χ4n) is 3.73. The first-order chi connectivity index (χ1) is 15.0. The van der Waals surface area contributed by atoms with E-state index >= 15 is 0 Å². The van der Waals surface area contributed by atoms with Gasteiger partial charge in [-0.2, -0.15) is 0 Å². The van der Waals surface area contributed by atoms with Gasteiger partial charge in [-0.05, 0) is 36.4 Å². The molecule has 6 nitrogen and oxygen atoms in total. The van der Waals surface area contributed by atoms with Gasteiger partial charge in [-0.1, -0.05) is 23.7 Å². The van der Waals surface area contributed by atoms with Crippen molar-refractivity contribution in [1.29, 1.82) is 0 Å². The molecule has 0 spiro atoms. The second-order valence-corrected chi connectivity index (χ2v) is 8.87. The Morgan fingerprint density at radius 3 is 2.58 bits per heavy atom. The second-order valence-electron chi connectivity index (χ2n) is 7.57. The predicted molar refractivity (Wildman–Crippen MR) is 125 cm³/mol. The highest BCUT2D eigenvalue weighted by Crippen LogP contribution is 2.26. The van der Waals surface area contributed by atoms with Gasteiger partial charge in [-0.3, -0.25) is 9.69 Å². The monoisotopic (exact) mass is 449 g/mol. The van der Waals surface area contributed by atoms with Crippen LogP contribution < -0.4 is 11.3 Å². The first kappa shape index (κ1) is 19.9. The Hall–Kier alpha value is -3.00. The summed E-state index contributed by atoms with van der Waals surface area (Å²) >= 11 is 7.59. The van der Waals surface area contributed by atoms with Gasteiger partial charge in [-0.15, -0.1) is 11.3 Å². The minimum Gasteiger partial charge on any atom is -0.399 e. The summed E-state index contributed by atoms with van der Waals surface area (Å²) in [6, 6.07) is 15.1. The lowest BCUT2D eigenvalue weighted by Crippen LogP contribution is -2.35. The number of nitrogens with two attached hydrogens (primary N) is 1. The Bertz CT molecular complexity index is 1280. The van der Waals surface area contributed by atoms with Gasteiger partial charge in [0.25, 0.3) is 5.56 Å². The van der Waals surface area contributed by atoms with Gasteiger partial charge in [0.1, 0.15) is 10.8 Å². The maximum absolute atomic E-state index is 12.8. The number of rotatable bonds is 4. The minimum atomic E-state index is -0.0818. The van der Waals surface area contributed by atoms with E-state index < -0.39 is 0 Å². The molecule has 0 saturated carbocycles. The fraction of sp³-hybridized carbons (Fsp3) is 0.174. The normalized spacial score (nSPS) is 13.8. The largest absolute Gasteiger partial charge is 0.399 e. The van der Waals surface area contributed by atoms with Crippen LogP contribution in [0.2, 0.25) is 5.02 Å². The number of hydrogen-bond donors (Lipinski definition) is 2. The average molecular weight is 450 g/mol. The van der Waals surface area contributed by atoms with Crippen molar-refractivity contribution in [3.8, 4) is 22.0 Å². The van der Waals surface area contributed by atoms with Crippen LogP contribution in [-0.2, 0) is 19.5 Å². The van der Waals surface area contributed by atoms with Crippen molar-refractivity contribution in [3.63, 3.8) is 0 Å². The molecular weight excluding hydrogens is 430 g/mol. The minimum absolute atomic E-state index is 0.0818. The van der Waals surface area contributed by atoms with Crippen LogP contribution in [0.5, 0.6) is 0 Å². The molecule has 156 valence electrons. The van der Waals surface area contributed by atoms with E-state index in [0.717, 1.165) is 46.1 Å². The van der Waals surface area contributed by atoms with Gasteiger partial charge in [0.15, 0.2) is 0 Å². The van der Waals surface area contributed by atoms with E-state index in [4.69, 9.17) is 27.3 Å². The first-order valence-corrected chi connectivity index (χ1v) is 11.2. The third-order valence-corrected chi connectivity index (χ3v) is 6.55. The molecule has 0 amide bonds. The van der Waals surface area contributed by atoms with E-state index in [0.29, 0.717) is 29.6 Å². The van der Waals surface area contributed by atoms with Crippen molar-refractivity contribution in [2.24, 2.45) is 0 Å². The summed E-state index contributed by atoms with van der Waals surface area (Å²) < 4.78 is 0. The second kappa shape index (κ2) is 8.26. The fourth-order valence-corrected chi connectivity index (χ4v) is 4.67. The lowest BCUT2D eigenvalue weighted by Gasteiger charge is -2.27. The number of thiazole rings is 1. The summed E-state index contributed by atoms with van der Waals surface area (Å²) in [5, 5.41) is 3.76. The van der Waals surface area contributed by atoms with Crippen LogP contribution in [0.25, 0.3) is 22.0 Å². The van der Waals surface area contributed by atoms with Crippen LogP contribution in [0.15, 0.2) is 58.7 Å². The quantitative estimate of drug-likeness (QED) is 0.452. The van der Waals surface area contributed by atoms with Gasteiger partial charge in [0.05, 0.1) is 17.0 Å². The third-order valence-electron chi connectivity index (χ3n) is 5.36. The van der Waals surface area contributed by atoms with E-state index in [2.05, 4.69) is 15.3 Å². The number of nitrogens with zero attached hydrogens (tertiary/aromatic N) is 3. The zero-order valence-corrected chi connectivity index (χ0v) is 18.2. The molecule has 0 fully saturated rings. The van der Waals surface area contributed by atoms with Crippen LogP contribution in [0.4, 0.5) is 5.69 Å². The van der Waals surface area contributed by atoms with Gasteiger partial charge in [0, 0.05) is 53.3 Å². The van der Waals surface area contributed by atoms with Crippen LogP contribution in [0.3, 0.4) is 0 Å². The number of aromatic amines is 1. The summed E-state index contributed by atoms with van der Waals surface area (Å²) in [6.07, 6.45) is 0.732. The number of halogens is 1. The Kier molecular flexibility index (Phi) is 5.31. The number of nitrogens with one attached hydrogen (secondary N) is 1. The van der Waals surface area contributed by atoms with Crippen LogP contribution in [0.1, 0.15) is 17.0 Å². The summed E-state index contributed by atoms with van der Waals surface area (Å²) in [7, 11) is 0. The van der Waals surface area contributed by atoms with Crippen LogP contribution in [0, 0.1) is 0 Å². The molecule has 2 aromatic heterocycles. The summed E-state index contributed by atoms with van der Waals surface area (Å²) in [4.78, 5) is 27.4. The Labute approximate surface area is 188 Å². The molecule has 4 aromatic rings. The molecule has 31 heavy (non-hydrogen) atoms. The topological polar surface area (TPSA) is 87.9 Å². The number of hydrogen-bond acceptors (Lipinski definition) is 6. The molecule has 3 N–H and O–H groups in total. The molecule has 0 radical (unpaired) electrons.